The van der Waals surface area contributed by atoms with Crippen LogP contribution in [0.2, 0.25) is 0 Å². The summed E-state index contributed by atoms with van der Waals surface area (Å²) in [4.78, 5) is 24.0. The molecular weight excluding hydrogens is 712 g/mol. The number of para-hydroxylation sites is 1. The number of piperazine rings is 1. The Bertz CT molecular complexity index is 1560. The van der Waals surface area contributed by atoms with Crippen LogP contribution in [0.5, 0.6) is 23.0 Å². The van der Waals surface area contributed by atoms with Gasteiger partial charge in [-0.15, -0.1) is 0 Å². The fourth-order valence-corrected chi connectivity index (χ4v) is 6.54. The van der Waals surface area contributed by atoms with Crippen LogP contribution in [0.15, 0.2) is 66.7 Å². The van der Waals surface area contributed by atoms with Gasteiger partial charge in [0.05, 0.1) is 63.8 Å². The van der Waals surface area contributed by atoms with Gasteiger partial charge in [-0.25, -0.2) is 4.79 Å². The van der Waals surface area contributed by atoms with Crippen LogP contribution in [0.3, 0.4) is 0 Å². The number of ether oxygens (including phenoxy) is 7. The van der Waals surface area contributed by atoms with Crippen LogP contribution in [0.25, 0.3) is 0 Å². The molecule has 15 nitrogen and oxygen atoms in total. The van der Waals surface area contributed by atoms with Crippen molar-refractivity contribution in [2.75, 3.05) is 103 Å². The van der Waals surface area contributed by atoms with Gasteiger partial charge in [0, 0.05) is 63.6 Å². The van der Waals surface area contributed by atoms with Gasteiger partial charge in [0.2, 0.25) is 0 Å². The minimum atomic E-state index is -0.369. The van der Waals surface area contributed by atoms with Crippen LogP contribution in [0.1, 0.15) is 37.7 Å². The lowest BCUT2D eigenvalue weighted by atomic mass is 10.1. The fraction of sp³-hybridized carbons (Fsp3) is 0.525. The molecule has 3 aromatic rings. The largest absolute Gasteiger partial charge is 0.496 e. The molecule has 0 spiro atoms. The van der Waals surface area contributed by atoms with E-state index in [1.165, 1.54) is 0 Å². The number of hydrogen-bond acceptors (Lipinski definition) is 14. The van der Waals surface area contributed by atoms with Crippen LogP contribution in [-0.4, -0.2) is 126 Å². The highest BCUT2D eigenvalue weighted by Gasteiger charge is 2.31. The number of benzene rings is 3. The summed E-state index contributed by atoms with van der Waals surface area (Å²) in [5, 5.41) is 17.0. The standard InChI is InChI=1S/C40H56N4O11/c1-48-22-8-18-41-21-27-52-39-17-16-36(28-37(39)41)54-31-34-29-42(40(45)53-24-6-3-7-26-55-44(46)47)19-20-43(34)33-12-14-35(15-13-33)51-25-9-23-50-30-32-10-4-5-11-38(32)49-2/h4-5,10-17,28,34,46-47H,3,6-9,18-27,29-31H2,1-2H3/t34-/m1/s1. The van der Waals surface area contributed by atoms with Crippen LogP contribution < -0.4 is 28.7 Å². The van der Waals surface area contributed by atoms with Crippen LogP contribution >= 0.6 is 0 Å². The average molecular weight is 769 g/mol. The zero-order valence-electron chi connectivity index (χ0n) is 32.0. The second-order valence-corrected chi connectivity index (χ2v) is 13.2. The molecule has 0 radical (unpaired) electrons. The van der Waals surface area contributed by atoms with Gasteiger partial charge < -0.3 is 47.9 Å². The van der Waals surface area contributed by atoms with Crippen molar-refractivity contribution >= 4 is 17.5 Å². The molecule has 1 fully saturated rings. The highest BCUT2D eigenvalue weighted by atomic mass is 17.1. The smallest absolute Gasteiger partial charge is 0.409 e. The van der Waals surface area contributed by atoms with E-state index in [0.717, 1.165) is 65.9 Å². The summed E-state index contributed by atoms with van der Waals surface area (Å²) in [7, 11) is 3.37. The molecule has 0 bridgehead atoms. The van der Waals surface area contributed by atoms with Gasteiger partial charge in [0.15, 0.2) is 0 Å². The Kier molecular flexibility index (Phi) is 17.2. The maximum absolute atomic E-state index is 13.1. The quantitative estimate of drug-likeness (QED) is 0.0885. The van der Waals surface area contributed by atoms with Gasteiger partial charge in [0.1, 0.15) is 36.2 Å². The first-order valence-electron chi connectivity index (χ1n) is 19.0. The summed E-state index contributed by atoms with van der Waals surface area (Å²) in [5.41, 5.74) is 3.02. The van der Waals surface area contributed by atoms with Crippen molar-refractivity contribution in [3.63, 3.8) is 0 Å². The van der Waals surface area contributed by atoms with Crippen molar-refractivity contribution in [1.29, 1.82) is 0 Å². The molecule has 2 aliphatic rings. The Balaban J connectivity index is 1.16. The molecule has 3 aromatic carbocycles. The van der Waals surface area contributed by atoms with E-state index in [0.29, 0.717) is 78.5 Å². The Morgan fingerprint density at radius 1 is 0.836 bits per heavy atom. The third-order valence-corrected chi connectivity index (χ3v) is 9.39. The minimum absolute atomic E-state index is 0.154. The molecule has 1 amide bonds. The number of carbonyl (C=O) groups excluding carboxylic acids is 1. The van der Waals surface area contributed by atoms with Gasteiger partial charge in [-0.3, -0.25) is 15.3 Å². The minimum Gasteiger partial charge on any atom is -0.496 e. The molecule has 1 saturated heterocycles. The van der Waals surface area contributed by atoms with E-state index in [1.54, 1.807) is 19.1 Å². The lowest BCUT2D eigenvalue weighted by molar-refractivity contribution is -0.492. The molecule has 1 atom stereocenters. The predicted molar refractivity (Wildman–Crippen MR) is 205 cm³/mol. The molecule has 0 aromatic heterocycles. The SMILES string of the molecule is COCCCN1CCOc2ccc(OC[C@H]3CN(C(=O)OCCCCCON(O)O)CCN3c3ccc(OCCCOCc4ccccc4OC)cc3)cc21. The molecular formula is C40H56N4O11. The van der Waals surface area contributed by atoms with Crippen molar-refractivity contribution in [3.05, 3.63) is 72.3 Å². The predicted octanol–water partition coefficient (Wildman–Crippen LogP) is 5.80. The monoisotopic (exact) mass is 768 g/mol. The lowest BCUT2D eigenvalue weighted by Crippen LogP contribution is -2.57. The van der Waals surface area contributed by atoms with E-state index in [-0.39, 0.29) is 30.7 Å². The molecule has 0 unspecified atom stereocenters. The summed E-state index contributed by atoms with van der Waals surface area (Å²) < 4.78 is 40.5. The molecule has 0 saturated carbocycles. The van der Waals surface area contributed by atoms with Gasteiger partial charge in [-0.2, -0.15) is 0 Å². The van der Waals surface area contributed by atoms with Crippen molar-refractivity contribution in [2.24, 2.45) is 0 Å². The topological polar surface area (TPSA) is 144 Å². The molecule has 15 heteroatoms. The van der Waals surface area contributed by atoms with Crippen LogP contribution in [-0.2, 0) is 25.7 Å². The third-order valence-electron chi connectivity index (χ3n) is 9.39. The van der Waals surface area contributed by atoms with Crippen molar-refractivity contribution in [3.8, 4) is 23.0 Å². The number of amides is 1. The Morgan fingerprint density at radius 2 is 1.65 bits per heavy atom. The van der Waals surface area contributed by atoms with Gasteiger partial charge >= 0.3 is 6.09 Å². The maximum atomic E-state index is 13.1. The molecule has 2 heterocycles. The normalized spacial score (nSPS) is 15.4. The first-order chi connectivity index (χ1) is 26.9. The maximum Gasteiger partial charge on any atom is 0.409 e. The summed E-state index contributed by atoms with van der Waals surface area (Å²) in [5.74, 6) is 3.15. The van der Waals surface area contributed by atoms with Gasteiger partial charge in [0.25, 0.3) is 0 Å². The number of anilines is 2. The highest BCUT2D eigenvalue weighted by Crippen LogP contribution is 2.35. The molecule has 55 heavy (non-hydrogen) atoms. The summed E-state index contributed by atoms with van der Waals surface area (Å²) in [6.07, 6.45) is 3.22. The summed E-state index contributed by atoms with van der Waals surface area (Å²) in [6.45, 7) is 6.80. The molecule has 0 aliphatic carbocycles. The second kappa shape index (κ2) is 22.8. The molecule has 2 N–H and O–H groups in total. The molecule has 5 rings (SSSR count). The number of hydrogen-bond donors (Lipinski definition) is 2. The Morgan fingerprint density at radius 3 is 2.47 bits per heavy atom. The lowest BCUT2D eigenvalue weighted by Gasteiger charge is -2.42. The summed E-state index contributed by atoms with van der Waals surface area (Å²) >= 11 is 0. The van der Waals surface area contributed by atoms with Gasteiger partial charge in [-0.1, -0.05) is 18.2 Å². The number of fused-ring (bicyclic) bond motifs is 1. The second-order valence-electron chi connectivity index (χ2n) is 13.2. The average Bonchev–Trinajstić information content (AvgIpc) is 3.21. The van der Waals surface area contributed by atoms with Crippen LogP contribution in [0.4, 0.5) is 16.2 Å². The van der Waals surface area contributed by atoms with E-state index < -0.39 is 0 Å². The number of methoxy groups -OCH3 is 2. The number of rotatable bonds is 23. The summed E-state index contributed by atoms with van der Waals surface area (Å²) in [6, 6.07) is 21.6. The zero-order chi connectivity index (χ0) is 38.7. The fourth-order valence-electron chi connectivity index (χ4n) is 6.54. The molecule has 302 valence electrons. The van der Waals surface area contributed by atoms with E-state index in [9.17, 15) is 4.79 Å². The van der Waals surface area contributed by atoms with Crippen LogP contribution in [0, 0.1) is 0 Å². The Labute approximate surface area is 323 Å². The van der Waals surface area contributed by atoms with E-state index >= 15 is 0 Å². The van der Waals surface area contributed by atoms with Crippen molar-refractivity contribution in [2.45, 2.75) is 44.8 Å². The first-order valence-corrected chi connectivity index (χ1v) is 19.0. The molecule has 2 aliphatic heterocycles. The van der Waals surface area contributed by atoms with E-state index in [4.69, 9.17) is 43.6 Å². The highest BCUT2D eigenvalue weighted by molar-refractivity contribution is 5.68. The Hall–Kier alpha value is -4.51. The van der Waals surface area contributed by atoms with E-state index in [2.05, 4.69) is 14.6 Å². The van der Waals surface area contributed by atoms with Crippen molar-refractivity contribution in [1.82, 2.24) is 10.3 Å². The number of carbonyl (C=O) groups is 1. The first kappa shape index (κ1) is 41.6. The van der Waals surface area contributed by atoms with E-state index in [1.807, 2.05) is 66.7 Å². The number of nitrogens with zero attached hydrogens (tertiary/aromatic N) is 4. The van der Waals surface area contributed by atoms with Gasteiger partial charge in [-0.05, 0) is 68.1 Å². The third kappa shape index (κ3) is 13.3. The van der Waals surface area contributed by atoms with Crippen molar-refractivity contribution < 1.29 is 53.2 Å². The zero-order valence-corrected chi connectivity index (χ0v) is 32.0. The number of unbranched alkanes of at least 4 members (excludes halogenated alkanes) is 2.